The minimum absolute atomic E-state index is 0.413. The molecule has 1 aromatic carbocycles. The fraction of sp³-hybridized carbons (Fsp3) is 0. The second-order valence-electron chi connectivity index (χ2n) is 3.40. The predicted octanol–water partition coefficient (Wildman–Crippen LogP) is 4.49. The van der Waals surface area contributed by atoms with Crippen molar-refractivity contribution < 1.29 is 0 Å². The maximum atomic E-state index is 6.00. The highest BCUT2D eigenvalue weighted by Crippen LogP contribution is 2.33. The number of anilines is 1. The third-order valence-electron chi connectivity index (χ3n) is 2.08. The molecule has 0 aliphatic heterocycles. The second kappa shape index (κ2) is 6.05. The van der Waals surface area contributed by atoms with E-state index in [9.17, 15) is 0 Å². The second-order valence-corrected chi connectivity index (χ2v) is 4.65. The lowest BCUT2D eigenvalue weighted by Gasteiger charge is -2.06. The molecule has 18 heavy (non-hydrogen) atoms. The van der Waals surface area contributed by atoms with Gasteiger partial charge in [0.25, 0.3) is 0 Å². The monoisotopic (exact) mass is 299 g/mol. The van der Waals surface area contributed by atoms with Gasteiger partial charge in [0.1, 0.15) is 0 Å². The molecule has 0 bridgehead atoms. The van der Waals surface area contributed by atoms with Crippen LogP contribution in [0.1, 0.15) is 5.56 Å². The van der Waals surface area contributed by atoms with Gasteiger partial charge < -0.3 is 0 Å². The van der Waals surface area contributed by atoms with Gasteiger partial charge in [-0.3, -0.25) is 10.4 Å². The summed E-state index contributed by atoms with van der Waals surface area (Å²) >= 11 is 17.8. The third-order valence-corrected chi connectivity index (χ3v) is 2.90. The first-order chi connectivity index (χ1) is 8.66. The highest BCUT2D eigenvalue weighted by atomic mass is 35.5. The number of aromatic nitrogens is 1. The molecule has 92 valence electrons. The molecule has 1 aromatic heterocycles. The van der Waals surface area contributed by atoms with Crippen LogP contribution in [0.2, 0.25) is 15.1 Å². The molecule has 6 heteroatoms. The molecule has 2 aromatic rings. The summed E-state index contributed by atoms with van der Waals surface area (Å²) in [5.74, 6) is 0. The van der Waals surface area contributed by atoms with Gasteiger partial charge in [0, 0.05) is 23.0 Å². The molecule has 2 rings (SSSR count). The SMILES string of the molecule is Clc1cc(Cl)c(N/N=C/c2cccnc2)c(Cl)c1. The van der Waals surface area contributed by atoms with E-state index in [1.54, 1.807) is 30.7 Å². The Morgan fingerprint density at radius 3 is 2.50 bits per heavy atom. The van der Waals surface area contributed by atoms with Crippen molar-refractivity contribution >= 4 is 46.7 Å². The van der Waals surface area contributed by atoms with Crippen molar-refractivity contribution in [1.29, 1.82) is 0 Å². The largest absolute Gasteiger partial charge is 0.275 e. The summed E-state index contributed by atoms with van der Waals surface area (Å²) in [6, 6.07) is 6.89. The average Bonchev–Trinajstić information content (AvgIpc) is 2.34. The number of hydrogen-bond donors (Lipinski definition) is 1. The van der Waals surface area contributed by atoms with Crippen LogP contribution in [0.5, 0.6) is 0 Å². The summed E-state index contributed by atoms with van der Waals surface area (Å²) in [6.07, 6.45) is 5.00. The fourth-order valence-corrected chi connectivity index (χ4v) is 2.17. The van der Waals surface area contributed by atoms with Crippen LogP contribution in [-0.2, 0) is 0 Å². The van der Waals surface area contributed by atoms with E-state index >= 15 is 0 Å². The van der Waals surface area contributed by atoms with Gasteiger partial charge >= 0.3 is 0 Å². The normalized spacial score (nSPS) is 10.8. The zero-order valence-corrected chi connectivity index (χ0v) is 11.3. The first kappa shape index (κ1) is 13.1. The Hall–Kier alpha value is -1.29. The van der Waals surface area contributed by atoms with E-state index in [-0.39, 0.29) is 0 Å². The number of hydrogen-bond acceptors (Lipinski definition) is 3. The van der Waals surface area contributed by atoms with Crippen molar-refractivity contribution in [3.63, 3.8) is 0 Å². The van der Waals surface area contributed by atoms with Crippen LogP contribution in [-0.4, -0.2) is 11.2 Å². The van der Waals surface area contributed by atoms with E-state index in [0.717, 1.165) is 5.56 Å². The Bertz CT molecular complexity index is 547. The van der Waals surface area contributed by atoms with Crippen LogP contribution >= 0.6 is 34.8 Å². The Kier molecular flexibility index (Phi) is 4.42. The van der Waals surface area contributed by atoms with E-state index in [0.29, 0.717) is 20.8 Å². The molecule has 1 heterocycles. The molecule has 0 unspecified atom stereocenters. The number of benzene rings is 1. The van der Waals surface area contributed by atoms with Crippen LogP contribution in [0, 0.1) is 0 Å². The highest BCUT2D eigenvalue weighted by molar-refractivity contribution is 6.41. The number of nitrogens with one attached hydrogen (secondary N) is 1. The van der Waals surface area contributed by atoms with E-state index in [1.807, 2.05) is 12.1 Å². The zero-order chi connectivity index (χ0) is 13.0. The maximum Gasteiger partial charge on any atom is 0.0935 e. The van der Waals surface area contributed by atoms with Crippen molar-refractivity contribution in [1.82, 2.24) is 4.98 Å². The molecular formula is C12H8Cl3N3. The predicted molar refractivity (Wildman–Crippen MR) is 76.9 cm³/mol. The molecule has 1 N–H and O–H groups in total. The quantitative estimate of drug-likeness (QED) is 0.670. The van der Waals surface area contributed by atoms with Crippen LogP contribution in [0.15, 0.2) is 41.8 Å². The van der Waals surface area contributed by atoms with Gasteiger partial charge in [0.05, 0.1) is 21.9 Å². The lowest BCUT2D eigenvalue weighted by molar-refractivity contribution is 1.30. The van der Waals surface area contributed by atoms with E-state index < -0.39 is 0 Å². The van der Waals surface area contributed by atoms with Gasteiger partial charge in [-0.1, -0.05) is 40.9 Å². The number of halogens is 3. The van der Waals surface area contributed by atoms with E-state index in [4.69, 9.17) is 34.8 Å². The standard InChI is InChI=1S/C12H8Cl3N3/c13-9-4-10(14)12(11(15)5-9)18-17-7-8-2-1-3-16-6-8/h1-7,18H/b17-7+. The first-order valence-corrected chi connectivity index (χ1v) is 6.14. The third kappa shape index (κ3) is 3.35. The number of hydrazone groups is 1. The minimum Gasteiger partial charge on any atom is -0.275 e. The molecule has 0 saturated carbocycles. The topological polar surface area (TPSA) is 37.3 Å². The van der Waals surface area contributed by atoms with Crippen molar-refractivity contribution in [3.8, 4) is 0 Å². The van der Waals surface area contributed by atoms with Crippen LogP contribution < -0.4 is 5.43 Å². The van der Waals surface area contributed by atoms with Crippen molar-refractivity contribution in [2.45, 2.75) is 0 Å². The molecule has 0 aliphatic carbocycles. The van der Waals surface area contributed by atoms with Gasteiger partial charge in [-0.15, -0.1) is 0 Å². The van der Waals surface area contributed by atoms with Gasteiger partial charge in [0.2, 0.25) is 0 Å². The summed E-state index contributed by atoms with van der Waals surface area (Å²) in [5, 5.41) is 5.34. The van der Waals surface area contributed by atoms with Gasteiger partial charge in [-0.2, -0.15) is 5.10 Å². The van der Waals surface area contributed by atoms with E-state index in [2.05, 4.69) is 15.5 Å². The van der Waals surface area contributed by atoms with Crippen molar-refractivity contribution in [2.75, 3.05) is 5.43 Å². The number of pyridine rings is 1. The first-order valence-electron chi connectivity index (χ1n) is 5.00. The lowest BCUT2D eigenvalue weighted by atomic mass is 10.3. The van der Waals surface area contributed by atoms with Crippen LogP contribution in [0.25, 0.3) is 0 Å². The molecule has 0 atom stereocenters. The Labute approximate surface area is 119 Å². The molecule has 0 aliphatic rings. The summed E-state index contributed by atoms with van der Waals surface area (Å²) in [4.78, 5) is 3.97. The van der Waals surface area contributed by atoms with Crippen LogP contribution in [0.3, 0.4) is 0 Å². The number of nitrogens with zero attached hydrogens (tertiary/aromatic N) is 2. The van der Waals surface area contributed by atoms with Gasteiger partial charge in [-0.25, -0.2) is 0 Å². The summed E-state index contributed by atoms with van der Waals surface area (Å²) < 4.78 is 0. The average molecular weight is 301 g/mol. The maximum absolute atomic E-state index is 6.00. The highest BCUT2D eigenvalue weighted by Gasteiger charge is 2.06. The lowest BCUT2D eigenvalue weighted by Crippen LogP contribution is -1.93. The Morgan fingerprint density at radius 2 is 1.89 bits per heavy atom. The smallest absolute Gasteiger partial charge is 0.0935 e. The Balaban J connectivity index is 2.14. The fourth-order valence-electron chi connectivity index (χ4n) is 1.27. The summed E-state index contributed by atoms with van der Waals surface area (Å²) in [5.41, 5.74) is 4.16. The van der Waals surface area contributed by atoms with Crippen molar-refractivity contribution in [3.05, 3.63) is 57.3 Å². The Morgan fingerprint density at radius 1 is 1.17 bits per heavy atom. The van der Waals surface area contributed by atoms with Crippen molar-refractivity contribution in [2.24, 2.45) is 5.10 Å². The number of rotatable bonds is 3. The molecule has 0 amide bonds. The molecule has 0 saturated heterocycles. The summed E-state index contributed by atoms with van der Waals surface area (Å²) in [6.45, 7) is 0. The molecule has 3 nitrogen and oxygen atoms in total. The summed E-state index contributed by atoms with van der Waals surface area (Å²) in [7, 11) is 0. The molecule has 0 fully saturated rings. The van der Waals surface area contributed by atoms with Gasteiger partial charge in [0.15, 0.2) is 0 Å². The zero-order valence-electron chi connectivity index (χ0n) is 9.07. The molecule has 0 radical (unpaired) electrons. The molecular weight excluding hydrogens is 293 g/mol. The van der Waals surface area contributed by atoms with Crippen LogP contribution in [0.4, 0.5) is 5.69 Å². The van der Waals surface area contributed by atoms with E-state index in [1.165, 1.54) is 0 Å². The minimum atomic E-state index is 0.413. The molecule has 0 spiro atoms. The van der Waals surface area contributed by atoms with Gasteiger partial charge in [-0.05, 0) is 18.2 Å².